The van der Waals surface area contributed by atoms with Crippen LogP contribution in [0.15, 0.2) is 60.8 Å². The highest BCUT2D eigenvalue weighted by Crippen LogP contribution is 2.40. The minimum absolute atomic E-state index is 0.0762. The number of urea groups is 2. The molecule has 1 saturated carbocycles. The molecule has 4 amide bonds. The zero-order valence-electron chi connectivity index (χ0n) is 23.7. The van der Waals surface area contributed by atoms with E-state index in [1.807, 2.05) is 32.9 Å². The van der Waals surface area contributed by atoms with Crippen LogP contribution in [-0.2, 0) is 12.0 Å². The average molecular weight is 625 g/mol. The van der Waals surface area contributed by atoms with E-state index < -0.39 is 6.03 Å². The van der Waals surface area contributed by atoms with Gasteiger partial charge in [-0.25, -0.2) is 19.3 Å². The number of nitrogens with one attached hydrogen (secondary N) is 4. The number of carbonyl (C=O) groups excluding carboxylic acids is 2. The Bertz CT molecular complexity index is 1650. The lowest BCUT2D eigenvalue weighted by Crippen LogP contribution is -2.30. The van der Waals surface area contributed by atoms with Crippen LogP contribution in [0, 0.1) is 0 Å². The SMILES string of the molecule is CC(C)(C)c1cc(NC(=O)Nc2ccc(Oc3ccnc(NC(=O)NC4CC4)c3)c(Cl)c2Cl)n(-c2ccc(CO)cc2)n1. The topological polar surface area (TPSA) is 142 Å². The molecule has 2 heterocycles. The maximum atomic E-state index is 13.1. The number of nitrogens with zero attached hydrogens (tertiary/aromatic N) is 3. The molecule has 0 bridgehead atoms. The Morgan fingerprint density at radius 2 is 1.72 bits per heavy atom. The maximum Gasteiger partial charge on any atom is 0.324 e. The van der Waals surface area contributed by atoms with E-state index in [0.29, 0.717) is 23.1 Å². The van der Waals surface area contributed by atoms with E-state index in [0.717, 1.165) is 24.1 Å². The third kappa shape index (κ3) is 7.56. The molecule has 1 aliphatic rings. The Kier molecular flexibility index (Phi) is 8.77. The third-order valence-corrected chi connectivity index (χ3v) is 7.36. The minimum atomic E-state index is -0.561. The van der Waals surface area contributed by atoms with Gasteiger partial charge < -0.3 is 20.5 Å². The first-order chi connectivity index (χ1) is 20.5. The monoisotopic (exact) mass is 623 g/mol. The Labute approximate surface area is 258 Å². The summed E-state index contributed by atoms with van der Waals surface area (Å²) in [4.78, 5) is 29.3. The number of hydrogen-bond donors (Lipinski definition) is 5. The molecule has 1 fully saturated rings. The van der Waals surface area contributed by atoms with Crippen LogP contribution in [0.3, 0.4) is 0 Å². The molecule has 2 aromatic heterocycles. The molecule has 13 heteroatoms. The molecule has 224 valence electrons. The lowest BCUT2D eigenvalue weighted by atomic mass is 9.92. The van der Waals surface area contributed by atoms with Crippen molar-refractivity contribution in [2.75, 3.05) is 16.0 Å². The van der Waals surface area contributed by atoms with Gasteiger partial charge in [0.2, 0.25) is 0 Å². The van der Waals surface area contributed by atoms with E-state index in [1.54, 1.807) is 47.1 Å². The second kappa shape index (κ2) is 12.5. The highest BCUT2D eigenvalue weighted by molar-refractivity contribution is 6.45. The van der Waals surface area contributed by atoms with Gasteiger partial charge in [0.25, 0.3) is 0 Å². The van der Waals surface area contributed by atoms with Gasteiger partial charge >= 0.3 is 12.1 Å². The van der Waals surface area contributed by atoms with Crippen molar-refractivity contribution in [1.82, 2.24) is 20.1 Å². The lowest BCUT2D eigenvalue weighted by Gasteiger charge is -2.14. The first-order valence-corrected chi connectivity index (χ1v) is 14.3. The molecule has 0 radical (unpaired) electrons. The Hall–Kier alpha value is -4.32. The summed E-state index contributed by atoms with van der Waals surface area (Å²) in [5.41, 5.74) is 2.23. The minimum Gasteiger partial charge on any atom is -0.456 e. The number of ether oxygens (including phenoxy) is 1. The number of carbonyl (C=O) groups is 2. The van der Waals surface area contributed by atoms with Crippen LogP contribution in [0.25, 0.3) is 5.69 Å². The van der Waals surface area contributed by atoms with Gasteiger partial charge in [-0.1, -0.05) is 56.1 Å². The molecule has 2 aromatic carbocycles. The first-order valence-electron chi connectivity index (χ1n) is 13.6. The second-order valence-electron chi connectivity index (χ2n) is 11.1. The number of halogens is 2. The fourth-order valence-corrected chi connectivity index (χ4v) is 4.40. The normalized spacial score (nSPS) is 12.9. The number of benzene rings is 2. The summed E-state index contributed by atoms with van der Waals surface area (Å²) in [6.45, 7) is 6.00. The van der Waals surface area contributed by atoms with Crippen molar-refractivity contribution in [2.24, 2.45) is 0 Å². The van der Waals surface area contributed by atoms with Gasteiger partial charge in [-0.2, -0.15) is 5.10 Å². The number of amides is 4. The number of aromatic nitrogens is 3. The Morgan fingerprint density at radius 3 is 2.40 bits per heavy atom. The molecule has 4 aromatic rings. The van der Waals surface area contributed by atoms with Gasteiger partial charge in [-0.05, 0) is 48.7 Å². The van der Waals surface area contributed by atoms with Crippen LogP contribution in [0.2, 0.25) is 10.0 Å². The van der Waals surface area contributed by atoms with Gasteiger partial charge in [0.15, 0.2) is 0 Å². The quantitative estimate of drug-likeness (QED) is 0.142. The summed E-state index contributed by atoms with van der Waals surface area (Å²) in [7, 11) is 0. The molecule has 0 saturated heterocycles. The van der Waals surface area contributed by atoms with Crippen molar-refractivity contribution in [1.29, 1.82) is 0 Å². The summed E-state index contributed by atoms with van der Waals surface area (Å²) in [5.74, 6) is 1.37. The molecular weight excluding hydrogens is 593 g/mol. The van der Waals surface area contributed by atoms with Crippen molar-refractivity contribution in [3.05, 3.63) is 82.1 Å². The van der Waals surface area contributed by atoms with Crippen LogP contribution >= 0.6 is 23.2 Å². The fraction of sp³-hybridized carbons (Fsp3) is 0.267. The average Bonchev–Trinajstić information content (AvgIpc) is 3.67. The molecule has 0 unspecified atom stereocenters. The lowest BCUT2D eigenvalue weighted by molar-refractivity contribution is 0.251. The predicted molar refractivity (Wildman–Crippen MR) is 167 cm³/mol. The molecule has 1 aliphatic carbocycles. The second-order valence-corrected chi connectivity index (χ2v) is 11.8. The molecule has 43 heavy (non-hydrogen) atoms. The highest BCUT2D eigenvalue weighted by atomic mass is 35.5. The van der Waals surface area contributed by atoms with Crippen LogP contribution in [0.1, 0.15) is 44.9 Å². The van der Waals surface area contributed by atoms with Crippen molar-refractivity contribution < 1.29 is 19.4 Å². The third-order valence-electron chi connectivity index (χ3n) is 6.49. The largest absolute Gasteiger partial charge is 0.456 e. The number of aliphatic hydroxyl groups is 1. The molecule has 11 nitrogen and oxygen atoms in total. The summed E-state index contributed by atoms with van der Waals surface area (Å²) in [6, 6.07) is 14.6. The smallest absolute Gasteiger partial charge is 0.324 e. The summed E-state index contributed by atoms with van der Waals surface area (Å²) >= 11 is 13.0. The molecule has 0 aliphatic heterocycles. The van der Waals surface area contributed by atoms with Crippen LogP contribution in [0.5, 0.6) is 11.5 Å². The van der Waals surface area contributed by atoms with E-state index in [9.17, 15) is 14.7 Å². The van der Waals surface area contributed by atoms with Crippen molar-refractivity contribution in [2.45, 2.75) is 51.7 Å². The van der Waals surface area contributed by atoms with Gasteiger partial charge in [-0.15, -0.1) is 0 Å². The van der Waals surface area contributed by atoms with Gasteiger partial charge in [0.1, 0.15) is 28.2 Å². The Morgan fingerprint density at radius 1 is 0.977 bits per heavy atom. The number of anilines is 3. The van der Waals surface area contributed by atoms with E-state index in [-0.39, 0.29) is 45.6 Å². The molecule has 0 spiro atoms. The summed E-state index contributed by atoms with van der Waals surface area (Å²) in [6.07, 6.45) is 3.44. The van der Waals surface area contributed by atoms with Crippen LogP contribution < -0.4 is 26.0 Å². The zero-order chi connectivity index (χ0) is 30.7. The van der Waals surface area contributed by atoms with E-state index in [2.05, 4.69) is 26.3 Å². The standard InChI is InChI=1S/C30H31Cl2N7O4/c1-30(2,3)23-15-25(39(38-23)19-8-4-17(16-40)5-9-19)37-29(42)35-21-10-11-22(27(32)26(21)31)43-20-12-13-33-24(14-20)36-28(41)34-18-6-7-18/h4-5,8-15,18,40H,6-7,16H2,1-3H3,(H2,35,37,42)(H2,33,34,36,41). The van der Waals surface area contributed by atoms with Crippen LogP contribution in [0.4, 0.5) is 26.9 Å². The van der Waals surface area contributed by atoms with E-state index in [1.165, 1.54) is 6.20 Å². The Balaban J connectivity index is 1.29. The highest BCUT2D eigenvalue weighted by Gasteiger charge is 2.24. The van der Waals surface area contributed by atoms with E-state index >= 15 is 0 Å². The van der Waals surface area contributed by atoms with E-state index in [4.69, 9.17) is 33.0 Å². The number of hydrogen-bond acceptors (Lipinski definition) is 6. The molecular formula is C30H31Cl2N7O4. The fourth-order valence-electron chi connectivity index (χ4n) is 3.99. The molecule has 5 N–H and O–H groups in total. The van der Waals surface area contributed by atoms with Gasteiger partial charge in [0.05, 0.1) is 28.7 Å². The van der Waals surface area contributed by atoms with Crippen LogP contribution in [-0.4, -0.2) is 38.0 Å². The molecule has 0 atom stereocenters. The first kappa shape index (κ1) is 30.1. The van der Waals surface area contributed by atoms with Crippen molar-refractivity contribution >= 4 is 52.6 Å². The van der Waals surface area contributed by atoms with Crippen molar-refractivity contribution in [3.63, 3.8) is 0 Å². The van der Waals surface area contributed by atoms with Gasteiger partial charge in [-0.3, -0.25) is 10.6 Å². The molecule has 5 rings (SSSR count). The number of rotatable bonds is 8. The number of aliphatic hydroxyl groups excluding tert-OH is 1. The van der Waals surface area contributed by atoms with Crippen molar-refractivity contribution in [3.8, 4) is 17.2 Å². The zero-order valence-corrected chi connectivity index (χ0v) is 25.3. The number of pyridine rings is 1. The summed E-state index contributed by atoms with van der Waals surface area (Å²) in [5, 5.41) is 25.3. The maximum absolute atomic E-state index is 13.1. The van der Waals surface area contributed by atoms with Gasteiger partial charge in [0, 0.05) is 29.8 Å². The predicted octanol–water partition coefficient (Wildman–Crippen LogP) is 7.08. The summed E-state index contributed by atoms with van der Waals surface area (Å²) < 4.78 is 7.52.